The Morgan fingerprint density at radius 3 is 1.42 bits per heavy atom. The minimum absolute atomic E-state index is 0. The van der Waals surface area contributed by atoms with E-state index in [0.29, 0.717) is 24.7 Å². The molecule has 0 amide bonds. The molecule has 0 N–H and O–H groups in total. The summed E-state index contributed by atoms with van der Waals surface area (Å²) in [4.78, 5) is 21.0. The summed E-state index contributed by atoms with van der Waals surface area (Å²) in [5.41, 5.74) is 0. The number of rotatable bonds is 8. The van der Waals surface area contributed by atoms with Crippen molar-refractivity contribution in [3.05, 3.63) is 12.8 Å². The number of carbonyl (C=O) groups is 2. The molecule has 0 radical (unpaired) electrons. The van der Waals surface area contributed by atoms with E-state index in [0.717, 1.165) is 12.8 Å². The molecule has 0 saturated carbocycles. The second-order valence-corrected chi connectivity index (χ2v) is 3.84. The van der Waals surface area contributed by atoms with Gasteiger partial charge >= 0.3 is 19.5 Å². The second-order valence-electron chi connectivity index (χ2n) is 3.11. The van der Waals surface area contributed by atoms with Crippen LogP contribution in [-0.4, -0.2) is 36.7 Å². The van der Waals surface area contributed by atoms with Crippen molar-refractivity contribution in [2.24, 2.45) is 0 Å². The van der Waals surface area contributed by atoms with E-state index in [2.05, 4.69) is 34.7 Å². The summed E-state index contributed by atoms with van der Waals surface area (Å²) in [6.45, 7) is 4.91. The molecule has 0 heterocycles. The predicted octanol–water partition coefficient (Wildman–Crippen LogP) is 2.14. The van der Waals surface area contributed by atoms with Crippen LogP contribution in [0.25, 0.3) is 0 Å². The summed E-state index contributed by atoms with van der Waals surface area (Å²) in [5, 5.41) is 0. The van der Waals surface area contributed by atoms with Crippen LogP contribution < -0.4 is 0 Å². The van der Waals surface area contributed by atoms with Gasteiger partial charge in [0.2, 0.25) is 0 Å². The molecule has 4 nitrogen and oxygen atoms in total. The molecular weight excluding hydrogens is 338 g/mol. The molecule has 0 aliphatic carbocycles. The molecule has 0 fully saturated rings. The first-order chi connectivity index (χ1) is 8.62. The Morgan fingerprint density at radius 1 is 0.895 bits per heavy atom. The van der Waals surface area contributed by atoms with Crippen LogP contribution in [0.1, 0.15) is 26.7 Å². The Labute approximate surface area is 140 Å². The maximum Gasteiger partial charge on any atom is 2.00 e. The molecular formula is C12H22O4S2Zn. The van der Waals surface area contributed by atoms with Crippen molar-refractivity contribution in [1.29, 1.82) is 0 Å². The summed E-state index contributed by atoms with van der Waals surface area (Å²) < 4.78 is 9.38. The number of hydrogen-bond donors (Lipinski definition) is 2. The van der Waals surface area contributed by atoms with Crippen LogP contribution >= 0.6 is 25.3 Å². The predicted molar refractivity (Wildman–Crippen MR) is 78.8 cm³/mol. The largest absolute Gasteiger partial charge is 2.00 e. The van der Waals surface area contributed by atoms with E-state index in [9.17, 15) is 9.59 Å². The van der Waals surface area contributed by atoms with Crippen molar-refractivity contribution in [2.75, 3.05) is 24.7 Å². The van der Waals surface area contributed by atoms with Gasteiger partial charge in [-0.15, -0.1) is 11.5 Å². The van der Waals surface area contributed by atoms with Crippen LogP contribution in [-0.2, 0) is 38.5 Å². The van der Waals surface area contributed by atoms with Gasteiger partial charge in [-0.1, -0.05) is 13.8 Å². The first-order valence-electron chi connectivity index (χ1n) is 5.83. The van der Waals surface area contributed by atoms with E-state index in [1.54, 1.807) is 0 Å². The Hall–Kier alpha value is 0.00338. The van der Waals surface area contributed by atoms with Crippen molar-refractivity contribution >= 4 is 37.2 Å². The van der Waals surface area contributed by atoms with Crippen molar-refractivity contribution in [1.82, 2.24) is 0 Å². The topological polar surface area (TPSA) is 52.6 Å². The maximum absolute atomic E-state index is 10.5. The first kappa shape index (κ1) is 24.1. The number of carbonyl (C=O) groups excluding carboxylic acids is 2. The van der Waals surface area contributed by atoms with Gasteiger partial charge in [-0.05, 0) is 12.8 Å². The average molecular weight is 360 g/mol. The molecule has 0 aliphatic heterocycles. The van der Waals surface area contributed by atoms with Gasteiger partial charge in [-0.3, -0.25) is 22.4 Å². The van der Waals surface area contributed by atoms with E-state index < -0.39 is 0 Å². The fourth-order valence-electron chi connectivity index (χ4n) is 0.672. The SMILES string of the molecule is CCCOC(=O)[CH-]CS.CCCOC(=O)[CH-]CS.[Zn+2]. The van der Waals surface area contributed by atoms with Crippen LogP contribution in [0.5, 0.6) is 0 Å². The zero-order chi connectivity index (χ0) is 14.2. The maximum atomic E-state index is 10.5. The quantitative estimate of drug-likeness (QED) is 0.302. The summed E-state index contributed by atoms with van der Waals surface area (Å²) in [6, 6.07) is 0. The molecule has 19 heavy (non-hydrogen) atoms. The van der Waals surface area contributed by atoms with E-state index in [4.69, 9.17) is 0 Å². The summed E-state index contributed by atoms with van der Waals surface area (Å²) in [6.07, 6.45) is 4.54. The van der Waals surface area contributed by atoms with Crippen molar-refractivity contribution in [3.8, 4) is 0 Å². The van der Waals surface area contributed by atoms with Gasteiger partial charge in [0, 0.05) is 0 Å². The Kier molecular flexibility index (Phi) is 25.7. The molecule has 0 bridgehead atoms. The molecule has 0 aromatic heterocycles. The molecule has 0 rings (SSSR count). The van der Waals surface area contributed by atoms with Gasteiger partial charge in [0.25, 0.3) is 0 Å². The molecule has 0 aliphatic rings. The van der Waals surface area contributed by atoms with Crippen molar-refractivity contribution < 1.29 is 38.5 Å². The number of thiol groups is 2. The fourth-order valence-corrected chi connectivity index (χ4v) is 0.970. The van der Waals surface area contributed by atoms with E-state index in [1.807, 2.05) is 13.8 Å². The standard InChI is InChI=1S/2C6H11O2S.Zn/c2*1-2-4-8-6(7)3-5-9;/h2*3,9H,2,4-5H2,1H3;/q2*-1;+2. The van der Waals surface area contributed by atoms with E-state index in [1.165, 1.54) is 12.8 Å². The van der Waals surface area contributed by atoms with Crippen molar-refractivity contribution in [2.45, 2.75) is 26.7 Å². The zero-order valence-electron chi connectivity index (χ0n) is 11.6. The van der Waals surface area contributed by atoms with Gasteiger partial charge in [0.15, 0.2) is 11.9 Å². The monoisotopic (exact) mass is 358 g/mol. The van der Waals surface area contributed by atoms with Crippen LogP contribution in [0.3, 0.4) is 0 Å². The third-order valence-corrected chi connectivity index (χ3v) is 1.78. The molecule has 7 heteroatoms. The van der Waals surface area contributed by atoms with Gasteiger partial charge < -0.3 is 9.47 Å². The zero-order valence-corrected chi connectivity index (χ0v) is 16.4. The van der Waals surface area contributed by atoms with E-state index >= 15 is 0 Å². The number of ether oxygens (including phenoxy) is 2. The van der Waals surface area contributed by atoms with Gasteiger partial charge in [0.05, 0.1) is 13.2 Å². The minimum Gasteiger partial charge on any atom is -0.488 e. The number of hydrogen-bond acceptors (Lipinski definition) is 6. The Bertz CT molecular complexity index is 194. The molecule has 0 saturated heterocycles. The summed E-state index contributed by atoms with van der Waals surface area (Å²) >= 11 is 7.65. The molecule has 108 valence electrons. The van der Waals surface area contributed by atoms with Crippen LogP contribution in [0.4, 0.5) is 0 Å². The minimum atomic E-state index is -0.271. The Morgan fingerprint density at radius 2 is 1.21 bits per heavy atom. The van der Waals surface area contributed by atoms with E-state index in [-0.39, 0.29) is 31.4 Å². The smallest absolute Gasteiger partial charge is 0.488 e. The third kappa shape index (κ3) is 23.5. The molecule has 0 aromatic carbocycles. The van der Waals surface area contributed by atoms with Crippen LogP contribution in [0.15, 0.2) is 0 Å². The van der Waals surface area contributed by atoms with Crippen LogP contribution in [0.2, 0.25) is 0 Å². The molecule has 0 atom stereocenters. The molecule has 0 spiro atoms. The molecule has 0 unspecified atom stereocenters. The first-order valence-corrected chi connectivity index (χ1v) is 7.10. The summed E-state index contributed by atoms with van der Waals surface area (Å²) in [5.74, 6) is 0.351. The Balaban J connectivity index is -0.000000256. The second kappa shape index (κ2) is 20.3. The van der Waals surface area contributed by atoms with Gasteiger partial charge in [0.1, 0.15) is 0 Å². The average Bonchev–Trinajstić information content (AvgIpc) is 2.35. The third-order valence-electron chi connectivity index (χ3n) is 1.41. The fraction of sp³-hybridized carbons (Fsp3) is 0.667. The van der Waals surface area contributed by atoms with Gasteiger partial charge in [-0.2, -0.15) is 0 Å². The normalized spacial score (nSPS) is 8.21. The van der Waals surface area contributed by atoms with Gasteiger partial charge in [-0.25, -0.2) is 25.3 Å². The summed E-state index contributed by atoms with van der Waals surface area (Å²) in [7, 11) is 0. The van der Waals surface area contributed by atoms with Crippen LogP contribution in [0, 0.1) is 12.8 Å². The van der Waals surface area contributed by atoms with Crippen molar-refractivity contribution in [3.63, 3.8) is 0 Å². The molecule has 0 aromatic rings. The number of esters is 2.